The smallest absolute Gasteiger partial charge is 0.257 e. The van der Waals surface area contributed by atoms with Gasteiger partial charge in [0.2, 0.25) is 0 Å². The number of carbonyl (C=O) groups is 1. The summed E-state index contributed by atoms with van der Waals surface area (Å²) in [6.07, 6.45) is 5.13. The zero-order chi connectivity index (χ0) is 10.3. The van der Waals surface area contributed by atoms with Crippen LogP contribution in [-0.2, 0) is 4.79 Å². The number of aromatic nitrogens is 2. The van der Waals surface area contributed by atoms with Crippen molar-refractivity contribution >= 4 is 33.9 Å². The maximum Gasteiger partial charge on any atom is 0.257 e. The van der Waals surface area contributed by atoms with Crippen LogP contribution in [0.4, 0.5) is 5.00 Å². The highest BCUT2D eigenvalue weighted by Crippen LogP contribution is 2.36. The summed E-state index contributed by atoms with van der Waals surface area (Å²) < 4.78 is 0. The first-order chi connectivity index (χ1) is 7.34. The van der Waals surface area contributed by atoms with E-state index in [0.29, 0.717) is 5.57 Å². The van der Waals surface area contributed by atoms with Gasteiger partial charge in [0, 0.05) is 11.8 Å². The second-order valence-corrected chi connectivity index (χ2v) is 4.09. The molecule has 1 amide bonds. The first kappa shape index (κ1) is 8.43. The number of hydrogen-bond acceptors (Lipinski definition) is 3. The van der Waals surface area contributed by atoms with Gasteiger partial charge in [-0.15, -0.1) is 11.3 Å². The minimum absolute atomic E-state index is 0.0557. The van der Waals surface area contributed by atoms with Gasteiger partial charge >= 0.3 is 0 Å². The van der Waals surface area contributed by atoms with E-state index in [2.05, 4.69) is 15.3 Å². The monoisotopic (exact) mass is 217 g/mol. The van der Waals surface area contributed by atoms with Crippen molar-refractivity contribution in [3.8, 4) is 0 Å². The number of nitrogens with zero attached hydrogens (tertiary/aromatic N) is 1. The lowest BCUT2D eigenvalue weighted by Gasteiger charge is -1.92. The third-order valence-electron chi connectivity index (χ3n) is 2.24. The second kappa shape index (κ2) is 3.06. The van der Waals surface area contributed by atoms with Crippen molar-refractivity contribution in [3.63, 3.8) is 0 Å². The van der Waals surface area contributed by atoms with Gasteiger partial charge in [0.15, 0.2) is 0 Å². The van der Waals surface area contributed by atoms with Gasteiger partial charge in [0.05, 0.1) is 17.6 Å². The van der Waals surface area contributed by atoms with Gasteiger partial charge in [-0.05, 0) is 17.5 Å². The Balaban J connectivity index is 2.10. The fraction of sp³-hybridized carbons (Fsp3) is 0. The number of imidazole rings is 1. The van der Waals surface area contributed by atoms with E-state index in [1.807, 2.05) is 11.4 Å². The third kappa shape index (κ3) is 1.28. The van der Waals surface area contributed by atoms with Crippen LogP contribution < -0.4 is 5.32 Å². The molecule has 0 saturated heterocycles. The average Bonchev–Trinajstić information content (AvgIpc) is 2.86. The Morgan fingerprint density at radius 1 is 1.47 bits per heavy atom. The molecule has 3 rings (SSSR count). The number of carbonyl (C=O) groups excluding carboxylic acids is 1. The number of thiophene rings is 1. The molecular formula is C10H7N3OS. The molecule has 0 bridgehead atoms. The van der Waals surface area contributed by atoms with Gasteiger partial charge in [0.1, 0.15) is 5.00 Å². The van der Waals surface area contributed by atoms with E-state index in [9.17, 15) is 4.79 Å². The van der Waals surface area contributed by atoms with Crippen LogP contribution in [0.5, 0.6) is 0 Å². The number of rotatable bonds is 1. The van der Waals surface area contributed by atoms with Crippen molar-refractivity contribution in [2.45, 2.75) is 0 Å². The molecule has 0 saturated carbocycles. The van der Waals surface area contributed by atoms with Crippen LogP contribution in [0.3, 0.4) is 0 Å². The molecule has 0 fully saturated rings. The molecule has 5 heteroatoms. The van der Waals surface area contributed by atoms with E-state index < -0.39 is 0 Å². The van der Waals surface area contributed by atoms with Crippen molar-refractivity contribution in [2.75, 3.05) is 5.32 Å². The molecule has 2 aromatic rings. The number of amides is 1. The van der Waals surface area contributed by atoms with Crippen LogP contribution in [0.2, 0.25) is 0 Å². The van der Waals surface area contributed by atoms with Gasteiger partial charge in [-0.2, -0.15) is 0 Å². The molecule has 0 atom stereocenters. The van der Waals surface area contributed by atoms with Crippen LogP contribution in [-0.4, -0.2) is 15.9 Å². The molecule has 0 aromatic carbocycles. The van der Waals surface area contributed by atoms with Gasteiger partial charge in [-0.1, -0.05) is 0 Å². The van der Waals surface area contributed by atoms with Crippen LogP contribution >= 0.6 is 11.3 Å². The summed E-state index contributed by atoms with van der Waals surface area (Å²) in [5, 5.41) is 5.69. The molecule has 3 heterocycles. The molecule has 0 radical (unpaired) electrons. The fourth-order valence-corrected chi connectivity index (χ4v) is 2.35. The second-order valence-electron chi connectivity index (χ2n) is 3.17. The van der Waals surface area contributed by atoms with Crippen molar-refractivity contribution in [1.29, 1.82) is 0 Å². The Kier molecular flexibility index (Phi) is 1.72. The molecule has 1 aliphatic rings. The molecule has 0 spiro atoms. The molecule has 1 aliphatic heterocycles. The summed E-state index contributed by atoms with van der Waals surface area (Å²) in [6.45, 7) is 0. The summed E-state index contributed by atoms with van der Waals surface area (Å²) in [5.74, 6) is -0.0557. The lowest BCUT2D eigenvalue weighted by molar-refractivity contribution is -0.110. The molecule has 2 aromatic heterocycles. The van der Waals surface area contributed by atoms with Crippen molar-refractivity contribution in [2.24, 2.45) is 0 Å². The van der Waals surface area contributed by atoms with E-state index in [0.717, 1.165) is 16.3 Å². The highest BCUT2D eigenvalue weighted by molar-refractivity contribution is 7.15. The molecule has 0 aliphatic carbocycles. The van der Waals surface area contributed by atoms with E-state index in [4.69, 9.17) is 0 Å². The zero-order valence-electron chi connectivity index (χ0n) is 7.65. The maximum atomic E-state index is 11.6. The summed E-state index contributed by atoms with van der Waals surface area (Å²) in [5.41, 5.74) is 2.41. The number of aromatic amines is 1. The third-order valence-corrected chi connectivity index (χ3v) is 3.07. The van der Waals surface area contributed by atoms with E-state index >= 15 is 0 Å². The summed E-state index contributed by atoms with van der Waals surface area (Å²) >= 11 is 1.53. The lowest BCUT2D eigenvalue weighted by Crippen LogP contribution is -2.03. The van der Waals surface area contributed by atoms with Crippen molar-refractivity contribution < 1.29 is 4.79 Å². The molecule has 4 nitrogen and oxygen atoms in total. The molecule has 15 heavy (non-hydrogen) atoms. The normalized spacial score (nSPS) is 16.8. The minimum Gasteiger partial charge on any atom is -0.351 e. The van der Waals surface area contributed by atoms with Crippen molar-refractivity contribution in [1.82, 2.24) is 9.97 Å². The number of hydrogen-bond donors (Lipinski definition) is 2. The van der Waals surface area contributed by atoms with Gasteiger partial charge < -0.3 is 10.3 Å². The highest BCUT2D eigenvalue weighted by atomic mass is 32.1. The predicted octanol–water partition coefficient (Wildman–Crippen LogP) is 1.96. The van der Waals surface area contributed by atoms with Crippen LogP contribution in [0.15, 0.2) is 24.0 Å². The molecular weight excluding hydrogens is 210 g/mol. The summed E-state index contributed by atoms with van der Waals surface area (Å²) in [7, 11) is 0. The van der Waals surface area contributed by atoms with E-state index in [1.54, 1.807) is 18.6 Å². The Bertz CT molecular complexity index is 539. The Morgan fingerprint density at radius 2 is 2.40 bits per heavy atom. The molecule has 74 valence electrons. The van der Waals surface area contributed by atoms with Gasteiger partial charge in [0.25, 0.3) is 5.91 Å². The maximum absolute atomic E-state index is 11.6. The zero-order valence-corrected chi connectivity index (χ0v) is 8.47. The highest BCUT2D eigenvalue weighted by Gasteiger charge is 2.24. The Morgan fingerprint density at radius 3 is 3.20 bits per heavy atom. The first-order valence-electron chi connectivity index (χ1n) is 4.44. The minimum atomic E-state index is -0.0557. The first-order valence-corrected chi connectivity index (χ1v) is 5.32. The standard InChI is InChI=1S/C10H7N3OS/c14-9-8(3-6-4-11-5-12-6)7-1-2-15-10(7)13-9/h1-5H,(H,11,12)(H,13,14)/b8-3-. The van der Waals surface area contributed by atoms with Crippen molar-refractivity contribution in [3.05, 3.63) is 35.2 Å². The topological polar surface area (TPSA) is 57.8 Å². The van der Waals surface area contributed by atoms with E-state index in [-0.39, 0.29) is 5.91 Å². The fourth-order valence-electron chi connectivity index (χ4n) is 1.55. The summed E-state index contributed by atoms with van der Waals surface area (Å²) in [4.78, 5) is 18.5. The quantitative estimate of drug-likeness (QED) is 0.717. The summed E-state index contributed by atoms with van der Waals surface area (Å²) in [6, 6.07) is 1.94. The number of fused-ring (bicyclic) bond motifs is 1. The lowest BCUT2D eigenvalue weighted by atomic mass is 10.1. The predicted molar refractivity (Wildman–Crippen MR) is 59.4 cm³/mol. The van der Waals surface area contributed by atoms with Crippen LogP contribution in [0.25, 0.3) is 11.6 Å². The average molecular weight is 217 g/mol. The van der Waals surface area contributed by atoms with Gasteiger partial charge in [-0.3, -0.25) is 4.79 Å². The van der Waals surface area contributed by atoms with Gasteiger partial charge in [-0.25, -0.2) is 4.98 Å². The molecule has 0 unspecified atom stereocenters. The van der Waals surface area contributed by atoms with E-state index in [1.165, 1.54) is 11.3 Å². The number of nitrogens with one attached hydrogen (secondary N) is 2. The van der Waals surface area contributed by atoms with Crippen LogP contribution in [0.1, 0.15) is 11.3 Å². The Hall–Kier alpha value is -1.88. The largest absolute Gasteiger partial charge is 0.351 e. The number of anilines is 1. The van der Waals surface area contributed by atoms with Crippen LogP contribution in [0, 0.1) is 0 Å². The molecule has 2 N–H and O–H groups in total. The Labute approximate surface area is 89.7 Å². The SMILES string of the molecule is O=C1Nc2sccc2/C1=C/c1c[nH]cn1. The number of H-pyrrole nitrogens is 1.